The number of carbonyl (C=O) groups excluding carboxylic acids is 1. The number of carboxylic acids is 1. The number of aliphatic carboxylic acids is 1. The molecular formula is C21H19NO4. The monoisotopic (exact) mass is 349 g/mol. The maximum Gasteiger partial charge on any atom is 0.347 e. The summed E-state index contributed by atoms with van der Waals surface area (Å²) in [6.45, 7) is 2.95. The van der Waals surface area contributed by atoms with Crippen molar-refractivity contribution in [3.05, 3.63) is 72.3 Å². The van der Waals surface area contributed by atoms with Gasteiger partial charge in [0.15, 0.2) is 5.60 Å². The molecule has 0 saturated carbocycles. The molecule has 0 heterocycles. The summed E-state index contributed by atoms with van der Waals surface area (Å²) >= 11 is 0. The van der Waals surface area contributed by atoms with E-state index in [0.717, 1.165) is 10.8 Å². The second kappa shape index (κ2) is 6.88. The molecule has 3 aromatic carbocycles. The van der Waals surface area contributed by atoms with Gasteiger partial charge in [0.1, 0.15) is 5.75 Å². The smallest absolute Gasteiger partial charge is 0.347 e. The van der Waals surface area contributed by atoms with Crippen molar-refractivity contribution in [1.29, 1.82) is 0 Å². The van der Waals surface area contributed by atoms with E-state index < -0.39 is 11.6 Å². The zero-order chi connectivity index (χ0) is 18.7. The number of hydrogen-bond acceptors (Lipinski definition) is 3. The Morgan fingerprint density at radius 2 is 1.58 bits per heavy atom. The third kappa shape index (κ3) is 3.83. The molecule has 0 aliphatic heterocycles. The highest BCUT2D eigenvalue weighted by molar-refractivity contribution is 6.06. The van der Waals surface area contributed by atoms with Crippen molar-refractivity contribution in [3.8, 4) is 5.75 Å². The number of ether oxygens (including phenoxy) is 1. The minimum atomic E-state index is -1.32. The van der Waals surface area contributed by atoms with Crippen LogP contribution in [0.4, 0.5) is 5.69 Å². The van der Waals surface area contributed by atoms with E-state index in [1.807, 2.05) is 36.4 Å². The highest BCUT2D eigenvalue weighted by Crippen LogP contribution is 2.22. The van der Waals surface area contributed by atoms with Crippen molar-refractivity contribution in [3.63, 3.8) is 0 Å². The number of anilines is 1. The van der Waals surface area contributed by atoms with Crippen molar-refractivity contribution in [2.75, 3.05) is 5.32 Å². The Kier molecular flexibility index (Phi) is 4.63. The largest absolute Gasteiger partial charge is 0.478 e. The summed E-state index contributed by atoms with van der Waals surface area (Å²) in [4.78, 5) is 23.5. The Balaban J connectivity index is 1.71. The van der Waals surface area contributed by atoms with Gasteiger partial charge in [-0.15, -0.1) is 0 Å². The molecule has 0 fully saturated rings. The van der Waals surface area contributed by atoms with E-state index in [4.69, 9.17) is 9.84 Å². The minimum absolute atomic E-state index is 0.213. The van der Waals surface area contributed by atoms with E-state index in [-0.39, 0.29) is 5.91 Å². The highest BCUT2D eigenvalue weighted by atomic mass is 16.5. The van der Waals surface area contributed by atoms with Crippen LogP contribution in [0, 0.1) is 0 Å². The van der Waals surface area contributed by atoms with Gasteiger partial charge in [-0.25, -0.2) is 4.79 Å². The van der Waals surface area contributed by atoms with E-state index >= 15 is 0 Å². The van der Waals surface area contributed by atoms with Gasteiger partial charge < -0.3 is 15.2 Å². The summed E-state index contributed by atoms with van der Waals surface area (Å²) in [6.07, 6.45) is 0. The maximum atomic E-state index is 12.4. The Hall–Kier alpha value is -3.34. The van der Waals surface area contributed by atoms with Crippen molar-refractivity contribution >= 4 is 28.3 Å². The molecule has 0 unspecified atom stereocenters. The molecule has 0 aromatic heterocycles. The lowest BCUT2D eigenvalue weighted by atomic mass is 10.1. The van der Waals surface area contributed by atoms with Crippen LogP contribution in [-0.4, -0.2) is 22.6 Å². The van der Waals surface area contributed by atoms with E-state index in [2.05, 4.69) is 5.32 Å². The lowest BCUT2D eigenvalue weighted by molar-refractivity contribution is -0.152. The van der Waals surface area contributed by atoms with Gasteiger partial charge in [-0.3, -0.25) is 4.79 Å². The average Bonchev–Trinajstić information content (AvgIpc) is 2.62. The van der Waals surface area contributed by atoms with Gasteiger partial charge in [0.05, 0.1) is 0 Å². The molecule has 132 valence electrons. The van der Waals surface area contributed by atoms with Crippen LogP contribution in [0.2, 0.25) is 0 Å². The van der Waals surface area contributed by atoms with Crippen LogP contribution in [0.3, 0.4) is 0 Å². The summed E-state index contributed by atoms with van der Waals surface area (Å²) in [5, 5.41) is 14.0. The van der Waals surface area contributed by atoms with Crippen LogP contribution in [0.15, 0.2) is 66.7 Å². The Labute approximate surface area is 151 Å². The first-order valence-corrected chi connectivity index (χ1v) is 8.18. The Morgan fingerprint density at radius 1 is 0.923 bits per heavy atom. The second-order valence-electron chi connectivity index (χ2n) is 6.46. The zero-order valence-corrected chi connectivity index (χ0v) is 14.5. The standard InChI is InChI=1S/C21H19NO4/c1-21(2,20(24)25)26-18-11-9-17(10-12-18)22-19(23)16-8-7-14-5-3-4-6-15(14)13-16/h3-13H,1-2H3,(H,22,23)(H,24,25). The molecule has 0 atom stereocenters. The predicted octanol–water partition coefficient (Wildman–Crippen LogP) is 4.33. The average molecular weight is 349 g/mol. The number of benzene rings is 3. The van der Waals surface area contributed by atoms with Crippen LogP contribution < -0.4 is 10.1 Å². The molecule has 0 bridgehead atoms. The third-order valence-electron chi connectivity index (χ3n) is 4.01. The summed E-state index contributed by atoms with van der Waals surface area (Å²) in [5.41, 5.74) is -0.157. The van der Waals surface area contributed by atoms with Gasteiger partial charge in [-0.1, -0.05) is 30.3 Å². The van der Waals surface area contributed by atoms with Crippen LogP contribution in [0.5, 0.6) is 5.75 Å². The predicted molar refractivity (Wildman–Crippen MR) is 101 cm³/mol. The van der Waals surface area contributed by atoms with Gasteiger partial charge in [0.2, 0.25) is 0 Å². The normalized spacial score (nSPS) is 11.2. The van der Waals surface area contributed by atoms with E-state index in [9.17, 15) is 9.59 Å². The lowest BCUT2D eigenvalue weighted by Gasteiger charge is -2.21. The number of amides is 1. The molecule has 0 aliphatic rings. The molecule has 3 aromatic rings. The summed E-state index contributed by atoms with van der Waals surface area (Å²) in [5.74, 6) is -0.845. The minimum Gasteiger partial charge on any atom is -0.478 e. The zero-order valence-electron chi connectivity index (χ0n) is 14.5. The van der Waals surface area contributed by atoms with Gasteiger partial charge in [0, 0.05) is 11.3 Å². The fourth-order valence-electron chi connectivity index (χ4n) is 2.48. The maximum absolute atomic E-state index is 12.4. The molecule has 5 heteroatoms. The Morgan fingerprint density at radius 3 is 2.23 bits per heavy atom. The summed E-state index contributed by atoms with van der Waals surface area (Å²) < 4.78 is 5.44. The van der Waals surface area contributed by atoms with E-state index in [1.54, 1.807) is 30.3 Å². The van der Waals surface area contributed by atoms with Crippen LogP contribution >= 0.6 is 0 Å². The van der Waals surface area contributed by atoms with Gasteiger partial charge >= 0.3 is 5.97 Å². The van der Waals surface area contributed by atoms with Gasteiger partial charge in [-0.05, 0) is 61.0 Å². The number of nitrogens with one attached hydrogen (secondary N) is 1. The molecule has 0 aliphatic carbocycles. The summed E-state index contributed by atoms with van der Waals surface area (Å²) in [7, 11) is 0. The molecule has 1 amide bonds. The first-order valence-electron chi connectivity index (χ1n) is 8.18. The number of carboxylic acid groups (broad SMARTS) is 1. The fraction of sp³-hybridized carbons (Fsp3) is 0.143. The van der Waals surface area contributed by atoms with Crippen LogP contribution in [0.25, 0.3) is 10.8 Å². The van der Waals surface area contributed by atoms with Crippen LogP contribution in [-0.2, 0) is 4.79 Å². The third-order valence-corrected chi connectivity index (χ3v) is 4.01. The molecule has 2 N–H and O–H groups in total. The number of fused-ring (bicyclic) bond motifs is 1. The van der Waals surface area contributed by atoms with E-state index in [0.29, 0.717) is 17.0 Å². The SMILES string of the molecule is CC(C)(Oc1ccc(NC(=O)c2ccc3ccccc3c2)cc1)C(=O)O. The molecular weight excluding hydrogens is 330 g/mol. The lowest BCUT2D eigenvalue weighted by Crippen LogP contribution is -2.37. The molecule has 0 saturated heterocycles. The molecule has 5 nitrogen and oxygen atoms in total. The van der Waals surface area contributed by atoms with Crippen molar-refractivity contribution < 1.29 is 19.4 Å². The first-order chi connectivity index (χ1) is 12.3. The topological polar surface area (TPSA) is 75.6 Å². The molecule has 0 radical (unpaired) electrons. The van der Waals surface area contributed by atoms with Crippen LogP contribution in [0.1, 0.15) is 24.2 Å². The molecule has 0 spiro atoms. The second-order valence-corrected chi connectivity index (χ2v) is 6.46. The number of rotatable bonds is 5. The van der Waals surface area contributed by atoms with Gasteiger partial charge in [0.25, 0.3) is 5.91 Å². The fourth-order valence-corrected chi connectivity index (χ4v) is 2.48. The number of hydrogen-bond donors (Lipinski definition) is 2. The van der Waals surface area contributed by atoms with Crippen molar-refractivity contribution in [2.45, 2.75) is 19.4 Å². The van der Waals surface area contributed by atoms with Crippen molar-refractivity contribution in [2.24, 2.45) is 0 Å². The summed E-state index contributed by atoms with van der Waals surface area (Å²) in [6, 6.07) is 20.0. The Bertz CT molecular complexity index is 961. The van der Waals surface area contributed by atoms with Gasteiger partial charge in [-0.2, -0.15) is 0 Å². The van der Waals surface area contributed by atoms with Crippen molar-refractivity contribution in [1.82, 2.24) is 0 Å². The first kappa shape index (κ1) is 17.5. The van der Waals surface area contributed by atoms with E-state index in [1.165, 1.54) is 13.8 Å². The highest BCUT2D eigenvalue weighted by Gasteiger charge is 2.29. The quantitative estimate of drug-likeness (QED) is 0.719. The number of carbonyl (C=O) groups is 2. The molecule has 26 heavy (non-hydrogen) atoms. The molecule has 3 rings (SSSR count).